The van der Waals surface area contributed by atoms with E-state index in [1.54, 1.807) is 6.20 Å². The molecule has 2 aliphatic heterocycles. The molecule has 0 aliphatic carbocycles. The van der Waals surface area contributed by atoms with Crippen molar-refractivity contribution in [3.63, 3.8) is 0 Å². The molecule has 0 spiro atoms. The summed E-state index contributed by atoms with van der Waals surface area (Å²) in [6.07, 6.45) is 5.68. The molecule has 100 valence electrons. The van der Waals surface area contributed by atoms with E-state index >= 15 is 0 Å². The minimum Gasteiger partial charge on any atom is -0.299 e. The van der Waals surface area contributed by atoms with Crippen LogP contribution in [-0.2, 0) is 6.54 Å². The maximum Gasteiger partial charge on any atom is 0.144 e. The van der Waals surface area contributed by atoms with E-state index in [2.05, 4.69) is 20.9 Å². The van der Waals surface area contributed by atoms with Gasteiger partial charge in [-0.05, 0) is 38.4 Å². The highest BCUT2D eigenvalue weighted by Gasteiger charge is 2.29. The highest BCUT2D eigenvalue weighted by Crippen LogP contribution is 2.22. The average molecular weight is 256 g/mol. The first-order chi connectivity index (χ1) is 9.36. The summed E-state index contributed by atoms with van der Waals surface area (Å²) < 4.78 is 0. The largest absolute Gasteiger partial charge is 0.299 e. The van der Waals surface area contributed by atoms with Gasteiger partial charge in [-0.3, -0.25) is 9.80 Å². The van der Waals surface area contributed by atoms with Crippen LogP contribution in [-0.4, -0.2) is 47.0 Å². The third kappa shape index (κ3) is 2.78. The Balaban J connectivity index is 1.61. The first kappa shape index (κ1) is 12.6. The Morgan fingerprint density at radius 2 is 2.16 bits per heavy atom. The fraction of sp³-hybridized carbons (Fsp3) is 0.600. The molecule has 1 aromatic rings. The van der Waals surface area contributed by atoms with Crippen LogP contribution < -0.4 is 0 Å². The molecule has 1 atom stereocenters. The van der Waals surface area contributed by atoms with Crippen LogP contribution in [0.4, 0.5) is 0 Å². The zero-order chi connectivity index (χ0) is 13.1. The second-order valence-corrected chi connectivity index (χ2v) is 5.54. The molecule has 3 rings (SSSR count). The predicted octanol–water partition coefficient (Wildman–Crippen LogP) is 1.62. The van der Waals surface area contributed by atoms with Crippen LogP contribution in [0.5, 0.6) is 0 Å². The Labute approximate surface area is 114 Å². The SMILES string of the molecule is N#Cc1ncccc1CN1CCC(N2CCCC2)C1. The quantitative estimate of drug-likeness (QED) is 0.824. The van der Waals surface area contributed by atoms with E-state index in [0.717, 1.165) is 31.2 Å². The van der Waals surface area contributed by atoms with Gasteiger partial charge in [0.25, 0.3) is 0 Å². The fourth-order valence-corrected chi connectivity index (χ4v) is 3.27. The number of hydrogen-bond acceptors (Lipinski definition) is 4. The van der Waals surface area contributed by atoms with Crippen LogP contribution in [0.25, 0.3) is 0 Å². The van der Waals surface area contributed by atoms with Crippen molar-refractivity contribution in [1.29, 1.82) is 5.26 Å². The number of rotatable bonds is 3. The molecule has 2 saturated heterocycles. The second kappa shape index (κ2) is 5.68. The van der Waals surface area contributed by atoms with Gasteiger partial charge < -0.3 is 0 Å². The van der Waals surface area contributed by atoms with Crippen LogP contribution in [0.15, 0.2) is 18.3 Å². The molecule has 1 aromatic heterocycles. The van der Waals surface area contributed by atoms with Gasteiger partial charge in [0.2, 0.25) is 0 Å². The van der Waals surface area contributed by atoms with Crippen molar-refractivity contribution in [3.8, 4) is 6.07 Å². The van der Waals surface area contributed by atoms with Gasteiger partial charge in [-0.25, -0.2) is 4.98 Å². The predicted molar refractivity (Wildman–Crippen MR) is 73.4 cm³/mol. The Hall–Kier alpha value is -1.44. The summed E-state index contributed by atoms with van der Waals surface area (Å²) in [4.78, 5) is 9.23. The summed E-state index contributed by atoms with van der Waals surface area (Å²) in [6, 6.07) is 6.86. The van der Waals surface area contributed by atoms with Crippen molar-refractivity contribution in [2.45, 2.75) is 31.8 Å². The molecule has 2 aliphatic rings. The molecule has 0 saturated carbocycles. The molecule has 4 heteroatoms. The van der Waals surface area contributed by atoms with E-state index in [-0.39, 0.29) is 0 Å². The van der Waals surface area contributed by atoms with Crippen LogP contribution >= 0.6 is 0 Å². The average Bonchev–Trinajstić information content (AvgIpc) is 3.09. The van der Waals surface area contributed by atoms with Crippen LogP contribution in [0.3, 0.4) is 0 Å². The highest BCUT2D eigenvalue weighted by molar-refractivity contribution is 5.30. The van der Waals surface area contributed by atoms with Gasteiger partial charge in [-0.15, -0.1) is 0 Å². The van der Waals surface area contributed by atoms with E-state index in [1.807, 2.05) is 12.1 Å². The third-order valence-electron chi connectivity index (χ3n) is 4.30. The Morgan fingerprint density at radius 1 is 1.32 bits per heavy atom. The van der Waals surface area contributed by atoms with E-state index in [9.17, 15) is 0 Å². The molecule has 19 heavy (non-hydrogen) atoms. The maximum absolute atomic E-state index is 9.08. The second-order valence-electron chi connectivity index (χ2n) is 5.54. The summed E-state index contributed by atoms with van der Waals surface area (Å²) in [5.41, 5.74) is 1.64. The standard InChI is InChI=1S/C15H20N4/c16-10-15-13(4-3-6-17-15)11-18-9-5-14(12-18)19-7-1-2-8-19/h3-4,6,14H,1-2,5,7-9,11-12H2. The van der Waals surface area contributed by atoms with Gasteiger partial charge in [-0.1, -0.05) is 6.07 Å². The summed E-state index contributed by atoms with van der Waals surface area (Å²) in [5.74, 6) is 0. The van der Waals surface area contributed by atoms with Crippen LogP contribution in [0.1, 0.15) is 30.5 Å². The van der Waals surface area contributed by atoms with Crippen molar-refractivity contribution >= 4 is 0 Å². The normalized spacial score (nSPS) is 24.7. The number of nitrogens with zero attached hydrogens (tertiary/aromatic N) is 4. The van der Waals surface area contributed by atoms with Crippen molar-refractivity contribution in [1.82, 2.24) is 14.8 Å². The maximum atomic E-state index is 9.08. The first-order valence-corrected chi connectivity index (χ1v) is 7.17. The summed E-state index contributed by atoms with van der Waals surface area (Å²) in [7, 11) is 0. The summed E-state index contributed by atoms with van der Waals surface area (Å²) in [6.45, 7) is 5.69. The van der Waals surface area contributed by atoms with Crippen molar-refractivity contribution in [3.05, 3.63) is 29.6 Å². The van der Waals surface area contributed by atoms with Crippen molar-refractivity contribution in [2.75, 3.05) is 26.2 Å². The Morgan fingerprint density at radius 3 is 2.95 bits per heavy atom. The lowest BCUT2D eigenvalue weighted by Gasteiger charge is -2.23. The minimum atomic E-state index is 0.576. The van der Waals surface area contributed by atoms with Crippen LogP contribution in [0, 0.1) is 11.3 Å². The number of likely N-dealkylation sites (tertiary alicyclic amines) is 2. The monoisotopic (exact) mass is 256 g/mol. The van der Waals surface area contributed by atoms with E-state index < -0.39 is 0 Å². The molecule has 0 bridgehead atoms. The van der Waals surface area contributed by atoms with Gasteiger partial charge in [0.05, 0.1) is 0 Å². The van der Waals surface area contributed by atoms with Gasteiger partial charge in [0, 0.05) is 37.4 Å². The zero-order valence-electron chi connectivity index (χ0n) is 11.3. The molecule has 0 aromatic carbocycles. The molecular formula is C15H20N4. The summed E-state index contributed by atoms with van der Waals surface area (Å²) in [5, 5.41) is 9.08. The third-order valence-corrected chi connectivity index (χ3v) is 4.30. The zero-order valence-corrected chi connectivity index (χ0v) is 11.3. The van der Waals surface area contributed by atoms with E-state index in [4.69, 9.17) is 5.26 Å². The first-order valence-electron chi connectivity index (χ1n) is 7.17. The topological polar surface area (TPSA) is 43.2 Å². The van der Waals surface area contributed by atoms with E-state index in [0.29, 0.717) is 5.69 Å². The fourth-order valence-electron chi connectivity index (χ4n) is 3.27. The molecular weight excluding hydrogens is 236 g/mol. The smallest absolute Gasteiger partial charge is 0.144 e. The lowest BCUT2D eigenvalue weighted by atomic mass is 10.2. The lowest BCUT2D eigenvalue weighted by molar-refractivity contribution is 0.230. The summed E-state index contributed by atoms with van der Waals surface area (Å²) >= 11 is 0. The Kier molecular flexibility index (Phi) is 3.77. The number of aromatic nitrogens is 1. The molecule has 4 nitrogen and oxygen atoms in total. The van der Waals surface area contributed by atoms with E-state index in [1.165, 1.54) is 32.4 Å². The molecule has 1 unspecified atom stereocenters. The number of nitriles is 1. The number of pyridine rings is 1. The molecule has 0 N–H and O–H groups in total. The molecule has 3 heterocycles. The molecule has 0 amide bonds. The lowest BCUT2D eigenvalue weighted by Crippen LogP contribution is -2.35. The number of hydrogen-bond donors (Lipinski definition) is 0. The van der Waals surface area contributed by atoms with Gasteiger partial charge in [-0.2, -0.15) is 5.26 Å². The highest BCUT2D eigenvalue weighted by atomic mass is 15.3. The van der Waals surface area contributed by atoms with Crippen molar-refractivity contribution < 1.29 is 0 Å². The minimum absolute atomic E-state index is 0.576. The van der Waals surface area contributed by atoms with Crippen LogP contribution in [0.2, 0.25) is 0 Å². The Bertz CT molecular complexity index is 473. The molecule has 0 radical (unpaired) electrons. The van der Waals surface area contributed by atoms with Gasteiger partial charge in [0.15, 0.2) is 0 Å². The molecule has 2 fully saturated rings. The van der Waals surface area contributed by atoms with Gasteiger partial charge in [0.1, 0.15) is 11.8 Å². The van der Waals surface area contributed by atoms with Crippen molar-refractivity contribution in [2.24, 2.45) is 0 Å². The van der Waals surface area contributed by atoms with Gasteiger partial charge >= 0.3 is 0 Å².